The molecule has 86 valence electrons. The maximum absolute atomic E-state index is 10.9. The molecule has 2 N–H and O–H groups in total. The highest BCUT2D eigenvalue weighted by Gasteiger charge is 2.43. The second-order valence-electron chi connectivity index (χ2n) is 4.46. The second-order valence-corrected chi connectivity index (χ2v) is 4.46. The van der Waals surface area contributed by atoms with Crippen LogP contribution in [0.5, 0.6) is 0 Å². The van der Waals surface area contributed by atoms with Crippen LogP contribution in [0.2, 0.25) is 0 Å². The third kappa shape index (κ3) is 1.28. The van der Waals surface area contributed by atoms with Crippen molar-refractivity contribution < 1.29 is 19.1 Å². The van der Waals surface area contributed by atoms with Gasteiger partial charge in [-0.15, -0.1) is 0 Å². The first-order valence-corrected chi connectivity index (χ1v) is 5.36. The third-order valence-corrected chi connectivity index (χ3v) is 3.38. The SMILES string of the molecule is O=C(O)c1cc2c(o1)C1(CCOC1)CNC2. The lowest BCUT2D eigenvalue weighted by atomic mass is 9.80. The Kier molecular flexibility index (Phi) is 2.05. The molecule has 1 unspecified atom stereocenters. The summed E-state index contributed by atoms with van der Waals surface area (Å²) >= 11 is 0. The van der Waals surface area contributed by atoms with Crippen LogP contribution in [-0.2, 0) is 16.7 Å². The summed E-state index contributed by atoms with van der Waals surface area (Å²) in [5.41, 5.74) is 0.801. The van der Waals surface area contributed by atoms with Gasteiger partial charge in [-0.3, -0.25) is 0 Å². The Labute approximate surface area is 92.4 Å². The fraction of sp³-hybridized carbons (Fsp3) is 0.545. The lowest BCUT2D eigenvalue weighted by molar-refractivity contribution is 0.0656. The van der Waals surface area contributed by atoms with Gasteiger partial charge in [-0.05, 0) is 12.5 Å². The average molecular weight is 223 g/mol. The van der Waals surface area contributed by atoms with Crippen LogP contribution in [0.25, 0.3) is 0 Å². The van der Waals surface area contributed by atoms with E-state index in [4.69, 9.17) is 14.3 Å². The summed E-state index contributed by atoms with van der Waals surface area (Å²) < 4.78 is 10.9. The minimum Gasteiger partial charge on any atom is -0.475 e. The molecule has 1 aromatic heterocycles. The molecule has 0 amide bonds. The lowest BCUT2D eigenvalue weighted by Gasteiger charge is -2.30. The van der Waals surface area contributed by atoms with E-state index in [1.807, 2.05) is 0 Å². The molecule has 0 aliphatic carbocycles. The van der Waals surface area contributed by atoms with Crippen molar-refractivity contribution >= 4 is 5.97 Å². The fourth-order valence-electron chi connectivity index (χ4n) is 2.56. The number of rotatable bonds is 1. The smallest absolute Gasteiger partial charge is 0.371 e. The highest BCUT2D eigenvalue weighted by Crippen LogP contribution is 2.38. The predicted molar refractivity (Wildman–Crippen MR) is 54.5 cm³/mol. The van der Waals surface area contributed by atoms with E-state index in [1.54, 1.807) is 6.07 Å². The van der Waals surface area contributed by atoms with Gasteiger partial charge in [-0.2, -0.15) is 0 Å². The standard InChI is InChI=1S/C11H13NO4/c13-10(14)8-3-7-4-12-5-11(9(7)16-8)1-2-15-6-11/h3,12H,1-2,4-6H2,(H,13,14). The van der Waals surface area contributed by atoms with Crippen LogP contribution in [0.1, 0.15) is 28.3 Å². The number of carboxylic acids is 1. The number of carbonyl (C=O) groups is 1. The molecule has 1 atom stereocenters. The molecule has 1 spiro atoms. The van der Waals surface area contributed by atoms with Crippen LogP contribution in [-0.4, -0.2) is 30.8 Å². The zero-order chi connectivity index (χ0) is 11.2. The van der Waals surface area contributed by atoms with Gasteiger partial charge in [0.05, 0.1) is 12.0 Å². The van der Waals surface area contributed by atoms with Crippen LogP contribution in [0.3, 0.4) is 0 Å². The van der Waals surface area contributed by atoms with Gasteiger partial charge in [-0.1, -0.05) is 0 Å². The summed E-state index contributed by atoms with van der Waals surface area (Å²) in [4.78, 5) is 10.9. The molecule has 5 nitrogen and oxygen atoms in total. The molecule has 1 aromatic rings. The molecule has 5 heteroatoms. The summed E-state index contributed by atoms with van der Waals surface area (Å²) in [7, 11) is 0. The number of fused-ring (bicyclic) bond motifs is 2. The molecular weight excluding hydrogens is 210 g/mol. The van der Waals surface area contributed by atoms with Crippen molar-refractivity contribution in [2.75, 3.05) is 19.8 Å². The van der Waals surface area contributed by atoms with Gasteiger partial charge in [0, 0.05) is 25.3 Å². The quantitative estimate of drug-likeness (QED) is 0.734. The fourth-order valence-corrected chi connectivity index (χ4v) is 2.56. The van der Waals surface area contributed by atoms with E-state index >= 15 is 0 Å². The van der Waals surface area contributed by atoms with Crippen LogP contribution < -0.4 is 5.32 Å². The van der Waals surface area contributed by atoms with E-state index in [0.717, 1.165) is 24.3 Å². The molecule has 0 radical (unpaired) electrons. The zero-order valence-corrected chi connectivity index (χ0v) is 8.78. The van der Waals surface area contributed by atoms with Gasteiger partial charge in [0.2, 0.25) is 5.76 Å². The van der Waals surface area contributed by atoms with Gasteiger partial charge in [0.1, 0.15) is 5.76 Å². The zero-order valence-electron chi connectivity index (χ0n) is 8.78. The molecule has 1 fully saturated rings. The first-order valence-electron chi connectivity index (χ1n) is 5.36. The van der Waals surface area contributed by atoms with Gasteiger partial charge in [0.25, 0.3) is 0 Å². The molecule has 0 bridgehead atoms. The van der Waals surface area contributed by atoms with Gasteiger partial charge in [0.15, 0.2) is 0 Å². The topological polar surface area (TPSA) is 71.7 Å². The summed E-state index contributed by atoms with van der Waals surface area (Å²) in [6.45, 7) is 2.80. The van der Waals surface area contributed by atoms with Crippen LogP contribution in [0, 0.1) is 0 Å². The molecule has 2 aliphatic heterocycles. The Morgan fingerprint density at radius 1 is 1.56 bits per heavy atom. The molecule has 0 saturated carbocycles. The minimum absolute atomic E-state index is 0.0278. The normalized spacial score (nSPS) is 28.2. The molecular formula is C11H13NO4. The van der Waals surface area contributed by atoms with Crippen molar-refractivity contribution in [1.29, 1.82) is 0 Å². The van der Waals surface area contributed by atoms with E-state index in [1.165, 1.54) is 0 Å². The van der Waals surface area contributed by atoms with E-state index in [2.05, 4.69) is 5.32 Å². The Morgan fingerprint density at radius 2 is 2.44 bits per heavy atom. The molecule has 3 rings (SSSR count). The monoisotopic (exact) mass is 223 g/mol. The maximum atomic E-state index is 10.9. The Bertz CT molecular complexity index is 431. The average Bonchev–Trinajstić information content (AvgIpc) is 2.85. The van der Waals surface area contributed by atoms with E-state index < -0.39 is 5.97 Å². The van der Waals surface area contributed by atoms with Crippen LogP contribution >= 0.6 is 0 Å². The highest BCUT2D eigenvalue weighted by molar-refractivity contribution is 5.84. The number of nitrogens with one attached hydrogen (secondary N) is 1. The summed E-state index contributed by atoms with van der Waals surface area (Å²) in [5, 5.41) is 12.2. The van der Waals surface area contributed by atoms with Crippen molar-refractivity contribution in [1.82, 2.24) is 5.32 Å². The first-order chi connectivity index (χ1) is 7.71. The second kappa shape index (κ2) is 3.33. The van der Waals surface area contributed by atoms with Crippen LogP contribution in [0.15, 0.2) is 10.5 Å². The maximum Gasteiger partial charge on any atom is 0.371 e. The molecule has 0 aromatic carbocycles. The van der Waals surface area contributed by atoms with E-state index in [0.29, 0.717) is 19.8 Å². The number of aromatic carboxylic acids is 1. The largest absolute Gasteiger partial charge is 0.475 e. The van der Waals surface area contributed by atoms with Crippen molar-refractivity contribution in [3.8, 4) is 0 Å². The van der Waals surface area contributed by atoms with Gasteiger partial charge in [-0.25, -0.2) is 4.79 Å². The van der Waals surface area contributed by atoms with E-state index in [9.17, 15) is 4.79 Å². The Morgan fingerprint density at radius 3 is 3.12 bits per heavy atom. The number of carboxylic acid groups (broad SMARTS) is 1. The molecule has 2 aliphatic rings. The Hall–Kier alpha value is -1.33. The number of furan rings is 1. The van der Waals surface area contributed by atoms with Crippen molar-refractivity contribution in [3.05, 3.63) is 23.2 Å². The van der Waals surface area contributed by atoms with Crippen molar-refractivity contribution in [2.24, 2.45) is 0 Å². The van der Waals surface area contributed by atoms with Crippen molar-refractivity contribution in [3.63, 3.8) is 0 Å². The summed E-state index contributed by atoms with van der Waals surface area (Å²) in [6.07, 6.45) is 0.888. The number of hydrogen-bond acceptors (Lipinski definition) is 4. The predicted octanol–water partition coefficient (Wildman–Crippen LogP) is 0.739. The first kappa shape index (κ1) is 9.86. The molecule has 3 heterocycles. The van der Waals surface area contributed by atoms with Gasteiger partial charge >= 0.3 is 5.97 Å². The van der Waals surface area contributed by atoms with Crippen molar-refractivity contribution in [2.45, 2.75) is 18.4 Å². The van der Waals surface area contributed by atoms with E-state index in [-0.39, 0.29) is 11.2 Å². The molecule has 16 heavy (non-hydrogen) atoms. The number of ether oxygens (including phenoxy) is 1. The van der Waals surface area contributed by atoms with Crippen LogP contribution in [0.4, 0.5) is 0 Å². The number of hydrogen-bond donors (Lipinski definition) is 2. The minimum atomic E-state index is -1.01. The summed E-state index contributed by atoms with van der Waals surface area (Å²) in [5.74, 6) is -0.176. The Balaban J connectivity index is 2.07. The third-order valence-electron chi connectivity index (χ3n) is 3.38. The van der Waals surface area contributed by atoms with Gasteiger partial charge < -0.3 is 19.6 Å². The lowest BCUT2D eigenvalue weighted by Crippen LogP contribution is -2.42. The summed E-state index contributed by atoms with van der Waals surface area (Å²) in [6, 6.07) is 1.61. The molecule has 1 saturated heterocycles. The highest BCUT2D eigenvalue weighted by atomic mass is 16.5.